The lowest BCUT2D eigenvalue weighted by Gasteiger charge is -2.09. The van der Waals surface area contributed by atoms with Gasteiger partial charge in [-0.15, -0.1) is 0 Å². The summed E-state index contributed by atoms with van der Waals surface area (Å²) in [5.74, 6) is 0.312. The fourth-order valence-corrected chi connectivity index (χ4v) is 1.38. The van der Waals surface area contributed by atoms with Crippen LogP contribution in [0.5, 0.6) is 5.75 Å². The molecule has 12 heavy (non-hydrogen) atoms. The topological polar surface area (TPSA) is 46.2 Å². The van der Waals surface area contributed by atoms with E-state index in [9.17, 15) is 5.11 Å². The summed E-state index contributed by atoms with van der Waals surface area (Å²) in [4.78, 5) is 0. The van der Waals surface area contributed by atoms with Crippen molar-refractivity contribution in [2.75, 3.05) is 5.73 Å². The molecule has 2 heteroatoms. The van der Waals surface area contributed by atoms with Crippen LogP contribution in [0.3, 0.4) is 0 Å². The minimum atomic E-state index is 0.312. The van der Waals surface area contributed by atoms with Crippen molar-refractivity contribution < 1.29 is 5.11 Å². The Balaban J connectivity index is 3.24. The van der Waals surface area contributed by atoms with Crippen LogP contribution in [-0.2, 0) is 12.8 Å². The van der Waals surface area contributed by atoms with Crippen molar-refractivity contribution in [3.05, 3.63) is 23.3 Å². The monoisotopic (exact) mass is 165 g/mol. The van der Waals surface area contributed by atoms with E-state index in [4.69, 9.17) is 5.73 Å². The van der Waals surface area contributed by atoms with E-state index in [0.29, 0.717) is 5.75 Å². The van der Waals surface area contributed by atoms with E-state index >= 15 is 0 Å². The van der Waals surface area contributed by atoms with Gasteiger partial charge in [0.1, 0.15) is 5.75 Å². The molecule has 0 radical (unpaired) electrons. The molecule has 1 rings (SSSR count). The van der Waals surface area contributed by atoms with Crippen LogP contribution in [0.1, 0.15) is 25.0 Å². The number of rotatable bonds is 2. The lowest BCUT2D eigenvalue weighted by atomic mass is 10.0. The van der Waals surface area contributed by atoms with Gasteiger partial charge in [0.2, 0.25) is 0 Å². The third kappa shape index (κ3) is 1.37. The molecule has 0 atom stereocenters. The number of nitrogens with two attached hydrogens (primary N) is 1. The maximum absolute atomic E-state index is 9.43. The number of aryl methyl sites for hydroxylation is 1. The van der Waals surface area contributed by atoms with Gasteiger partial charge >= 0.3 is 0 Å². The highest BCUT2D eigenvalue weighted by molar-refractivity contribution is 5.59. The standard InChI is InChI=1S/C10H15NO/c1-3-7-5-6-9(12)8(4-2)10(7)11/h5-6,12H,3-4,11H2,1-2H3. The molecule has 0 heterocycles. The van der Waals surface area contributed by atoms with Gasteiger partial charge in [-0.1, -0.05) is 19.9 Å². The van der Waals surface area contributed by atoms with Crippen LogP contribution in [0.25, 0.3) is 0 Å². The maximum atomic E-state index is 9.43. The Hall–Kier alpha value is -1.18. The highest BCUT2D eigenvalue weighted by Gasteiger charge is 2.06. The van der Waals surface area contributed by atoms with Gasteiger partial charge < -0.3 is 10.8 Å². The third-order valence-corrected chi connectivity index (χ3v) is 2.16. The smallest absolute Gasteiger partial charge is 0.120 e. The molecule has 0 aliphatic rings. The van der Waals surface area contributed by atoms with Gasteiger partial charge in [-0.25, -0.2) is 0 Å². The minimum Gasteiger partial charge on any atom is -0.508 e. The highest BCUT2D eigenvalue weighted by Crippen LogP contribution is 2.27. The Morgan fingerprint density at radius 3 is 2.42 bits per heavy atom. The Labute approximate surface area is 73.0 Å². The zero-order valence-corrected chi connectivity index (χ0v) is 7.59. The molecule has 0 spiro atoms. The second kappa shape index (κ2) is 3.48. The third-order valence-electron chi connectivity index (χ3n) is 2.16. The second-order valence-electron chi connectivity index (χ2n) is 2.84. The van der Waals surface area contributed by atoms with E-state index in [-0.39, 0.29) is 0 Å². The average molecular weight is 165 g/mol. The number of benzene rings is 1. The maximum Gasteiger partial charge on any atom is 0.120 e. The molecule has 2 nitrogen and oxygen atoms in total. The first-order valence-corrected chi connectivity index (χ1v) is 4.29. The van der Waals surface area contributed by atoms with Crippen LogP contribution in [0, 0.1) is 0 Å². The van der Waals surface area contributed by atoms with E-state index in [2.05, 4.69) is 6.92 Å². The zero-order valence-electron chi connectivity index (χ0n) is 7.59. The number of phenolic OH excluding ortho intramolecular Hbond substituents is 1. The lowest BCUT2D eigenvalue weighted by Crippen LogP contribution is -1.98. The highest BCUT2D eigenvalue weighted by atomic mass is 16.3. The van der Waals surface area contributed by atoms with Crippen molar-refractivity contribution >= 4 is 5.69 Å². The largest absolute Gasteiger partial charge is 0.508 e. The first kappa shape index (κ1) is 8.91. The first-order chi connectivity index (χ1) is 5.70. The molecule has 1 aromatic rings. The number of aromatic hydroxyl groups is 1. The van der Waals surface area contributed by atoms with Gasteiger partial charge in [-0.05, 0) is 24.5 Å². The minimum absolute atomic E-state index is 0.312. The lowest BCUT2D eigenvalue weighted by molar-refractivity contribution is 0.469. The van der Waals surface area contributed by atoms with Gasteiger partial charge in [0.25, 0.3) is 0 Å². The fourth-order valence-electron chi connectivity index (χ4n) is 1.38. The molecular formula is C10H15NO. The molecule has 0 bridgehead atoms. The number of anilines is 1. The van der Waals surface area contributed by atoms with Crippen LogP contribution in [0.4, 0.5) is 5.69 Å². The molecule has 3 N–H and O–H groups in total. The van der Waals surface area contributed by atoms with Gasteiger partial charge in [-0.3, -0.25) is 0 Å². The Morgan fingerprint density at radius 1 is 1.25 bits per heavy atom. The number of hydrogen-bond donors (Lipinski definition) is 2. The Kier molecular flexibility index (Phi) is 2.58. The van der Waals surface area contributed by atoms with Crippen molar-refractivity contribution in [1.82, 2.24) is 0 Å². The van der Waals surface area contributed by atoms with Crippen LogP contribution in [-0.4, -0.2) is 5.11 Å². The molecule has 0 saturated heterocycles. The molecule has 1 aromatic carbocycles. The van der Waals surface area contributed by atoms with Crippen molar-refractivity contribution in [3.63, 3.8) is 0 Å². The first-order valence-electron chi connectivity index (χ1n) is 4.29. The Morgan fingerprint density at radius 2 is 1.92 bits per heavy atom. The van der Waals surface area contributed by atoms with Crippen LogP contribution < -0.4 is 5.73 Å². The molecule has 0 amide bonds. The zero-order chi connectivity index (χ0) is 9.14. The summed E-state index contributed by atoms with van der Waals surface area (Å²) in [5, 5.41) is 9.43. The Bertz CT molecular complexity index is 281. The summed E-state index contributed by atoms with van der Waals surface area (Å²) < 4.78 is 0. The summed E-state index contributed by atoms with van der Waals surface area (Å²) in [7, 11) is 0. The molecule has 0 fully saturated rings. The van der Waals surface area contributed by atoms with Crippen molar-refractivity contribution in [3.8, 4) is 5.75 Å². The SMILES string of the molecule is CCc1ccc(O)c(CC)c1N. The van der Waals surface area contributed by atoms with E-state index in [0.717, 1.165) is 29.7 Å². The molecule has 0 aromatic heterocycles. The van der Waals surface area contributed by atoms with Gasteiger partial charge in [0.15, 0.2) is 0 Å². The normalized spacial score (nSPS) is 10.2. The summed E-state index contributed by atoms with van der Waals surface area (Å²) >= 11 is 0. The molecule has 0 unspecified atom stereocenters. The summed E-state index contributed by atoms with van der Waals surface area (Å²) in [6.07, 6.45) is 1.70. The average Bonchev–Trinajstić information content (AvgIpc) is 2.06. The van der Waals surface area contributed by atoms with E-state index < -0.39 is 0 Å². The summed E-state index contributed by atoms with van der Waals surface area (Å²) in [6, 6.07) is 3.60. The summed E-state index contributed by atoms with van der Waals surface area (Å²) in [5.41, 5.74) is 8.58. The summed E-state index contributed by atoms with van der Waals surface area (Å²) in [6.45, 7) is 4.05. The van der Waals surface area contributed by atoms with Gasteiger partial charge in [0.05, 0.1) is 0 Å². The van der Waals surface area contributed by atoms with E-state index in [1.807, 2.05) is 13.0 Å². The van der Waals surface area contributed by atoms with Crippen LogP contribution in [0.2, 0.25) is 0 Å². The quantitative estimate of drug-likeness (QED) is 0.659. The van der Waals surface area contributed by atoms with Crippen molar-refractivity contribution in [2.24, 2.45) is 0 Å². The molecular weight excluding hydrogens is 150 g/mol. The second-order valence-corrected chi connectivity index (χ2v) is 2.84. The van der Waals surface area contributed by atoms with E-state index in [1.165, 1.54) is 0 Å². The van der Waals surface area contributed by atoms with Crippen molar-refractivity contribution in [1.29, 1.82) is 0 Å². The van der Waals surface area contributed by atoms with E-state index in [1.54, 1.807) is 6.07 Å². The van der Waals surface area contributed by atoms with Gasteiger partial charge in [-0.2, -0.15) is 0 Å². The predicted octanol–water partition coefficient (Wildman–Crippen LogP) is 2.10. The van der Waals surface area contributed by atoms with Crippen LogP contribution in [0.15, 0.2) is 12.1 Å². The number of hydrogen-bond acceptors (Lipinski definition) is 2. The van der Waals surface area contributed by atoms with Crippen molar-refractivity contribution in [2.45, 2.75) is 26.7 Å². The molecule has 0 saturated carbocycles. The molecule has 0 aliphatic heterocycles. The van der Waals surface area contributed by atoms with Crippen LogP contribution >= 0.6 is 0 Å². The molecule has 0 aliphatic carbocycles. The van der Waals surface area contributed by atoms with Gasteiger partial charge in [0, 0.05) is 11.3 Å². The predicted molar refractivity (Wildman–Crippen MR) is 51.3 cm³/mol. The number of nitrogen functional groups attached to an aromatic ring is 1. The number of phenols is 1. The fraction of sp³-hybridized carbons (Fsp3) is 0.400. The molecule has 66 valence electrons.